The van der Waals surface area contributed by atoms with E-state index in [1.54, 1.807) is 0 Å². The van der Waals surface area contributed by atoms with Crippen LogP contribution in [0.25, 0.3) is 0 Å². The number of carbonyl (C=O) groups excluding carboxylic acids is 2. The Labute approximate surface area is 254 Å². The van der Waals surface area contributed by atoms with Gasteiger partial charge in [0.2, 0.25) is 5.91 Å². The van der Waals surface area contributed by atoms with Crippen LogP contribution in [0.4, 0.5) is 5.69 Å². The average Bonchev–Trinajstić information content (AvgIpc) is 3.24. The fourth-order valence-electron chi connectivity index (χ4n) is 11.9. The van der Waals surface area contributed by atoms with E-state index in [2.05, 4.69) is 66.8 Å². The fraction of sp³-hybridized carbons (Fsp3) is 0.737. The quantitative estimate of drug-likeness (QED) is 0.379. The molecule has 4 unspecified atom stereocenters. The number of hydrogen-bond acceptors (Lipinski definition) is 3. The van der Waals surface area contributed by atoms with Crippen molar-refractivity contribution in [1.82, 2.24) is 0 Å². The van der Waals surface area contributed by atoms with Gasteiger partial charge < -0.3 is 10.4 Å². The summed E-state index contributed by atoms with van der Waals surface area (Å²) in [6, 6.07) is 8.16. The molecule has 4 fully saturated rings. The molecule has 0 saturated heterocycles. The molecule has 42 heavy (non-hydrogen) atoms. The molecule has 1 aromatic rings. The van der Waals surface area contributed by atoms with Gasteiger partial charge in [0.15, 0.2) is 5.78 Å². The van der Waals surface area contributed by atoms with Crippen molar-refractivity contribution in [2.75, 3.05) is 5.32 Å². The summed E-state index contributed by atoms with van der Waals surface area (Å²) in [4.78, 5) is 28.4. The largest absolute Gasteiger partial charge is 0.393 e. The second kappa shape index (κ2) is 10.0. The molecule has 230 valence electrons. The summed E-state index contributed by atoms with van der Waals surface area (Å²) in [5.41, 5.74) is 3.89. The van der Waals surface area contributed by atoms with Crippen molar-refractivity contribution in [2.24, 2.45) is 51.2 Å². The van der Waals surface area contributed by atoms with Crippen molar-refractivity contribution < 1.29 is 14.7 Å². The summed E-state index contributed by atoms with van der Waals surface area (Å²) in [5, 5.41) is 14.4. The summed E-state index contributed by atoms with van der Waals surface area (Å²) in [7, 11) is 0. The maximum atomic E-state index is 14.5. The van der Waals surface area contributed by atoms with Crippen LogP contribution in [0, 0.1) is 51.2 Å². The molecular weight excluding hydrogens is 518 g/mol. The van der Waals surface area contributed by atoms with Crippen LogP contribution >= 0.6 is 0 Å². The van der Waals surface area contributed by atoms with Crippen molar-refractivity contribution in [3.63, 3.8) is 0 Å². The Bertz CT molecular complexity index is 1310. The fourth-order valence-corrected chi connectivity index (χ4v) is 11.9. The number of anilines is 1. The topological polar surface area (TPSA) is 66.4 Å². The van der Waals surface area contributed by atoms with Gasteiger partial charge in [-0.25, -0.2) is 0 Å². The Hall–Kier alpha value is -1.94. The average molecular weight is 574 g/mol. The summed E-state index contributed by atoms with van der Waals surface area (Å²) in [5.74, 6) is 2.65. The second-order valence-electron chi connectivity index (χ2n) is 16.7. The Morgan fingerprint density at radius 3 is 2.24 bits per heavy atom. The van der Waals surface area contributed by atoms with Crippen LogP contribution in [0.2, 0.25) is 0 Å². The number of fused-ring (bicyclic) bond motifs is 7. The van der Waals surface area contributed by atoms with Gasteiger partial charge in [-0.05, 0) is 126 Å². The lowest BCUT2D eigenvalue weighted by Gasteiger charge is -2.68. The SMILES string of the molecule is CC(C)C1=C2C3CCC4[C@@](C)(CCC5C(C)(C)[C@@H](O)CC[C@@]54C)C3CC[C@@]2(C(=O)Nc2ccccc2C(C)C)CC1=O. The van der Waals surface area contributed by atoms with Gasteiger partial charge >= 0.3 is 0 Å². The van der Waals surface area contributed by atoms with E-state index in [4.69, 9.17) is 0 Å². The molecule has 5 aliphatic rings. The Morgan fingerprint density at radius 2 is 1.55 bits per heavy atom. The lowest BCUT2D eigenvalue weighted by molar-refractivity contribution is -0.203. The van der Waals surface area contributed by atoms with Crippen molar-refractivity contribution in [3.8, 4) is 0 Å². The van der Waals surface area contributed by atoms with Crippen molar-refractivity contribution in [1.29, 1.82) is 0 Å². The first-order valence-corrected chi connectivity index (χ1v) is 17.0. The minimum atomic E-state index is -0.719. The van der Waals surface area contributed by atoms with Crippen molar-refractivity contribution >= 4 is 17.4 Å². The first-order valence-electron chi connectivity index (χ1n) is 17.0. The van der Waals surface area contributed by atoms with Crippen LogP contribution in [0.15, 0.2) is 35.4 Å². The number of Topliss-reactive ketones (excluding diaryl/α,β-unsaturated/α-hetero) is 1. The molecule has 4 saturated carbocycles. The number of allylic oxidation sites excluding steroid dienone is 1. The number of aliphatic hydroxyl groups is 1. The smallest absolute Gasteiger partial charge is 0.235 e. The van der Waals surface area contributed by atoms with Gasteiger partial charge in [0.1, 0.15) is 0 Å². The number of benzene rings is 1. The van der Waals surface area contributed by atoms with Gasteiger partial charge in [-0.2, -0.15) is 0 Å². The van der Waals surface area contributed by atoms with E-state index in [1.807, 2.05) is 18.2 Å². The predicted molar refractivity (Wildman–Crippen MR) is 170 cm³/mol. The first-order chi connectivity index (χ1) is 19.7. The highest BCUT2D eigenvalue weighted by Gasteiger charge is 2.67. The van der Waals surface area contributed by atoms with Gasteiger partial charge in [0, 0.05) is 12.1 Å². The molecule has 0 spiro atoms. The number of hydrogen-bond donors (Lipinski definition) is 2. The first kappa shape index (κ1) is 30.1. The number of carbonyl (C=O) groups is 2. The molecule has 8 atom stereocenters. The Kier molecular flexibility index (Phi) is 7.20. The minimum absolute atomic E-state index is 0.0408. The molecule has 4 heteroatoms. The molecule has 6 rings (SSSR count). The lowest BCUT2D eigenvalue weighted by atomic mass is 9.36. The molecule has 0 radical (unpaired) electrons. The second-order valence-corrected chi connectivity index (χ2v) is 16.7. The van der Waals surface area contributed by atoms with E-state index in [0.29, 0.717) is 36.0 Å². The third-order valence-electron chi connectivity index (χ3n) is 13.8. The van der Waals surface area contributed by atoms with Crippen LogP contribution in [-0.2, 0) is 9.59 Å². The van der Waals surface area contributed by atoms with Crippen molar-refractivity contribution in [3.05, 3.63) is 41.0 Å². The highest BCUT2D eigenvalue weighted by atomic mass is 16.3. The highest BCUT2D eigenvalue weighted by molar-refractivity contribution is 6.10. The van der Waals surface area contributed by atoms with Crippen molar-refractivity contribution in [2.45, 2.75) is 125 Å². The van der Waals surface area contributed by atoms with Gasteiger partial charge in [-0.15, -0.1) is 0 Å². The van der Waals surface area contributed by atoms with Gasteiger partial charge in [-0.3, -0.25) is 9.59 Å². The molecule has 0 aliphatic heterocycles. The van der Waals surface area contributed by atoms with E-state index < -0.39 is 5.41 Å². The molecular formula is C38H55NO3. The van der Waals surface area contributed by atoms with Crippen LogP contribution in [0.1, 0.15) is 125 Å². The summed E-state index contributed by atoms with van der Waals surface area (Å²) >= 11 is 0. The number of para-hydroxylation sites is 1. The molecule has 0 bridgehead atoms. The number of rotatable bonds is 4. The zero-order valence-electron chi connectivity index (χ0n) is 27.5. The van der Waals surface area contributed by atoms with Crippen LogP contribution in [-0.4, -0.2) is 22.9 Å². The summed E-state index contributed by atoms with van der Waals surface area (Å²) in [6.45, 7) is 18.4. The van der Waals surface area contributed by atoms with E-state index >= 15 is 0 Å². The molecule has 1 amide bonds. The molecule has 5 aliphatic carbocycles. The zero-order chi connectivity index (χ0) is 30.4. The molecule has 2 N–H and O–H groups in total. The maximum Gasteiger partial charge on any atom is 0.235 e. The maximum absolute atomic E-state index is 14.5. The Morgan fingerprint density at radius 1 is 0.857 bits per heavy atom. The van der Waals surface area contributed by atoms with Gasteiger partial charge in [-0.1, -0.05) is 73.6 Å². The van der Waals surface area contributed by atoms with E-state index in [0.717, 1.165) is 55.3 Å². The highest BCUT2D eigenvalue weighted by Crippen LogP contribution is 2.72. The molecule has 4 nitrogen and oxygen atoms in total. The summed E-state index contributed by atoms with van der Waals surface area (Å²) < 4.78 is 0. The predicted octanol–water partition coefficient (Wildman–Crippen LogP) is 8.70. The molecule has 1 aromatic carbocycles. The number of ketones is 1. The summed E-state index contributed by atoms with van der Waals surface area (Å²) in [6.07, 6.45) is 8.52. The van der Waals surface area contributed by atoms with E-state index in [1.165, 1.54) is 18.4 Å². The zero-order valence-corrected chi connectivity index (χ0v) is 27.5. The number of amides is 1. The van der Waals surface area contributed by atoms with E-state index in [9.17, 15) is 14.7 Å². The van der Waals surface area contributed by atoms with Gasteiger partial charge in [0.25, 0.3) is 0 Å². The molecule has 0 heterocycles. The van der Waals surface area contributed by atoms with Crippen LogP contribution in [0.5, 0.6) is 0 Å². The third kappa shape index (κ3) is 4.09. The van der Waals surface area contributed by atoms with Crippen LogP contribution in [0.3, 0.4) is 0 Å². The lowest BCUT2D eigenvalue weighted by Crippen LogP contribution is -2.62. The monoisotopic (exact) mass is 573 g/mol. The van der Waals surface area contributed by atoms with Crippen LogP contribution < -0.4 is 5.32 Å². The number of aliphatic hydroxyl groups excluding tert-OH is 1. The van der Waals surface area contributed by atoms with Gasteiger partial charge in [0.05, 0.1) is 11.5 Å². The molecule has 0 aromatic heterocycles. The Balaban J connectivity index is 1.38. The standard InChI is InChI=1S/C38H55NO3/c1-22(2)24-11-9-10-12-27(24)39-34(42)38-20-15-26-25(33(38)32(23(3)4)28(40)21-38)13-14-30-36(26,7)18-16-29-35(5,6)31(41)17-19-37(29,30)8/h9-12,22-23,25-26,29-31,41H,13-21H2,1-8H3,(H,39,42)/t25?,26?,29?,30?,31-,36-,37-,38+/m0/s1. The van der Waals surface area contributed by atoms with E-state index in [-0.39, 0.29) is 40.0 Å². The number of nitrogens with one attached hydrogen (secondary N) is 1. The normalized spacial score (nSPS) is 40.8. The minimum Gasteiger partial charge on any atom is -0.393 e. The third-order valence-corrected chi connectivity index (χ3v) is 13.8.